The molecule has 0 bridgehead atoms. The van der Waals surface area contributed by atoms with E-state index < -0.39 is 11.8 Å². The summed E-state index contributed by atoms with van der Waals surface area (Å²) < 4.78 is 10.2. The van der Waals surface area contributed by atoms with Crippen LogP contribution in [0, 0.1) is 11.3 Å². The molecule has 7 nitrogen and oxygen atoms in total. The Morgan fingerprint density at radius 3 is 2.50 bits per heavy atom. The van der Waals surface area contributed by atoms with Crippen LogP contribution in [0.3, 0.4) is 0 Å². The van der Waals surface area contributed by atoms with Crippen LogP contribution in [-0.4, -0.2) is 32.6 Å². The number of benzene rings is 1. The summed E-state index contributed by atoms with van der Waals surface area (Å²) in [6, 6.07) is 6.84. The molecule has 0 aromatic heterocycles. The van der Waals surface area contributed by atoms with E-state index >= 15 is 0 Å². The molecule has 0 aliphatic carbocycles. The van der Waals surface area contributed by atoms with Crippen LogP contribution >= 0.6 is 0 Å². The van der Waals surface area contributed by atoms with Gasteiger partial charge in [0.2, 0.25) is 0 Å². The van der Waals surface area contributed by atoms with Crippen molar-refractivity contribution in [3.8, 4) is 17.6 Å². The third kappa shape index (κ3) is 4.17. The quantitative estimate of drug-likeness (QED) is 0.581. The molecule has 0 heterocycles. The molecule has 7 heteroatoms. The van der Waals surface area contributed by atoms with Gasteiger partial charge in [0.15, 0.2) is 0 Å². The zero-order valence-electron chi connectivity index (χ0n) is 11.2. The molecule has 0 saturated carbocycles. The van der Waals surface area contributed by atoms with Crippen LogP contribution in [-0.2, 0) is 16.1 Å². The summed E-state index contributed by atoms with van der Waals surface area (Å²) in [5, 5.41) is 12.9. The van der Waals surface area contributed by atoms with Crippen LogP contribution in [0.1, 0.15) is 5.56 Å². The van der Waals surface area contributed by atoms with Crippen molar-refractivity contribution in [3.05, 3.63) is 23.8 Å². The second-order valence-electron chi connectivity index (χ2n) is 3.70. The zero-order chi connectivity index (χ0) is 15.0. The fourth-order valence-corrected chi connectivity index (χ4v) is 1.45. The van der Waals surface area contributed by atoms with Crippen LogP contribution in [0.4, 0.5) is 0 Å². The number of hydrogen-bond acceptors (Lipinski definition) is 5. The van der Waals surface area contributed by atoms with E-state index in [-0.39, 0.29) is 13.1 Å². The number of nitrogens with one attached hydrogen (secondary N) is 2. The molecule has 106 valence electrons. The molecule has 1 aromatic rings. The molecule has 1 aromatic carbocycles. The van der Waals surface area contributed by atoms with Crippen molar-refractivity contribution in [3.63, 3.8) is 0 Å². The monoisotopic (exact) mass is 277 g/mol. The largest absolute Gasteiger partial charge is 0.497 e. The molecule has 0 aliphatic rings. The highest BCUT2D eigenvalue weighted by atomic mass is 16.5. The number of carbonyl (C=O) groups is 2. The molecule has 0 unspecified atom stereocenters. The van der Waals surface area contributed by atoms with Gasteiger partial charge in [0.1, 0.15) is 18.0 Å². The third-order valence-electron chi connectivity index (χ3n) is 2.47. The lowest BCUT2D eigenvalue weighted by molar-refractivity contribution is -0.139. The van der Waals surface area contributed by atoms with Gasteiger partial charge in [-0.2, -0.15) is 5.26 Å². The summed E-state index contributed by atoms with van der Waals surface area (Å²) in [6.07, 6.45) is 0. The van der Waals surface area contributed by atoms with Crippen LogP contribution in [0.5, 0.6) is 11.5 Å². The van der Waals surface area contributed by atoms with Gasteiger partial charge in [-0.1, -0.05) is 0 Å². The van der Waals surface area contributed by atoms with E-state index in [4.69, 9.17) is 14.7 Å². The topological polar surface area (TPSA) is 100 Å². The van der Waals surface area contributed by atoms with Crippen LogP contribution in [0.15, 0.2) is 18.2 Å². The van der Waals surface area contributed by atoms with Gasteiger partial charge >= 0.3 is 11.8 Å². The summed E-state index contributed by atoms with van der Waals surface area (Å²) >= 11 is 0. The highest BCUT2D eigenvalue weighted by molar-refractivity contribution is 6.35. The molecule has 2 N–H and O–H groups in total. The van der Waals surface area contributed by atoms with Gasteiger partial charge < -0.3 is 20.1 Å². The fraction of sp³-hybridized carbons (Fsp3) is 0.308. The Balaban J connectivity index is 2.63. The lowest BCUT2D eigenvalue weighted by Gasteiger charge is -2.11. The van der Waals surface area contributed by atoms with Gasteiger partial charge in [-0.15, -0.1) is 0 Å². The highest BCUT2D eigenvalue weighted by Crippen LogP contribution is 2.24. The average Bonchev–Trinajstić information content (AvgIpc) is 2.49. The normalized spacial score (nSPS) is 9.25. The summed E-state index contributed by atoms with van der Waals surface area (Å²) in [5.41, 5.74) is 0.703. The molecule has 2 amide bonds. The first-order valence-corrected chi connectivity index (χ1v) is 5.76. The molecular formula is C13H15N3O4. The maximum Gasteiger partial charge on any atom is 0.310 e. The minimum absolute atomic E-state index is 0.131. The average molecular weight is 277 g/mol. The second-order valence-corrected chi connectivity index (χ2v) is 3.70. The van der Waals surface area contributed by atoms with Gasteiger partial charge in [-0.25, -0.2) is 0 Å². The van der Waals surface area contributed by atoms with Crippen molar-refractivity contribution in [2.24, 2.45) is 0 Å². The van der Waals surface area contributed by atoms with Crippen molar-refractivity contribution < 1.29 is 19.1 Å². The minimum atomic E-state index is -0.848. The summed E-state index contributed by atoms with van der Waals surface area (Å²) in [7, 11) is 3.04. The van der Waals surface area contributed by atoms with Crippen molar-refractivity contribution in [2.45, 2.75) is 6.54 Å². The molecule has 0 saturated heterocycles. The number of ether oxygens (including phenoxy) is 2. The molecule has 1 rings (SSSR count). The first-order chi connectivity index (χ1) is 9.62. The number of amides is 2. The number of carbonyl (C=O) groups excluding carboxylic acids is 2. The Morgan fingerprint density at radius 2 is 1.90 bits per heavy atom. The van der Waals surface area contributed by atoms with E-state index in [1.165, 1.54) is 14.2 Å². The van der Waals surface area contributed by atoms with E-state index in [1.807, 2.05) is 0 Å². The maximum absolute atomic E-state index is 11.4. The highest BCUT2D eigenvalue weighted by Gasteiger charge is 2.13. The number of rotatable bonds is 5. The van der Waals surface area contributed by atoms with Gasteiger partial charge in [-0.05, 0) is 12.1 Å². The van der Waals surface area contributed by atoms with Crippen LogP contribution < -0.4 is 20.1 Å². The smallest absolute Gasteiger partial charge is 0.310 e. The number of nitrogens with zero attached hydrogens (tertiary/aromatic N) is 1. The third-order valence-corrected chi connectivity index (χ3v) is 2.47. The Labute approximate surface area is 116 Å². The van der Waals surface area contributed by atoms with E-state index in [1.54, 1.807) is 24.3 Å². The predicted molar refractivity (Wildman–Crippen MR) is 70.0 cm³/mol. The number of hydrogen-bond donors (Lipinski definition) is 2. The molecular weight excluding hydrogens is 262 g/mol. The number of nitriles is 1. The molecule has 0 atom stereocenters. The Bertz CT molecular complexity index is 537. The predicted octanol–water partition coefficient (Wildman–Crippen LogP) is -0.0402. The van der Waals surface area contributed by atoms with E-state index in [2.05, 4.69) is 10.6 Å². The van der Waals surface area contributed by atoms with Gasteiger partial charge in [0.05, 0.1) is 20.3 Å². The molecule has 20 heavy (non-hydrogen) atoms. The lowest BCUT2D eigenvalue weighted by atomic mass is 10.2. The van der Waals surface area contributed by atoms with Gasteiger partial charge in [0.25, 0.3) is 0 Å². The summed E-state index contributed by atoms with van der Waals surface area (Å²) in [6.45, 7) is -0.0793. The SMILES string of the molecule is COc1ccc(CNC(=O)C(=O)NCC#N)c(OC)c1. The minimum Gasteiger partial charge on any atom is -0.497 e. The Hall–Kier alpha value is -2.75. The number of methoxy groups -OCH3 is 2. The molecule has 0 radical (unpaired) electrons. The molecule has 0 fully saturated rings. The zero-order valence-corrected chi connectivity index (χ0v) is 11.2. The van der Waals surface area contributed by atoms with E-state index in [9.17, 15) is 9.59 Å². The van der Waals surface area contributed by atoms with Crippen molar-refractivity contribution in [1.29, 1.82) is 5.26 Å². The lowest BCUT2D eigenvalue weighted by Crippen LogP contribution is -2.39. The van der Waals surface area contributed by atoms with Crippen LogP contribution in [0.25, 0.3) is 0 Å². The van der Waals surface area contributed by atoms with Gasteiger partial charge in [0, 0.05) is 18.2 Å². The standard InChI is InChI=1S/C13H15N3O4/c1-19-10-4-3-9(11(7-10)20-2)8-16-13(18)12(17)15-6-5-14/h3-4,7H,6,8H2,1-2H3,(H,15,17)(H,16,18). The Morgan fingerprint density at radius 1 is 1.20 bits per heavy atom. The van der Waals surface area contributed by atoms with Crippen LogP contribution in [0.2, 0.25) is 0 Å². The van der Waals surface area contributed by atoms with E-state index in [0.29, 0.717) is 17.1 Å². The van der Waals surface area contributed by atoms with Crippen molar-refractivity contribution >= 4 is 11.8 Å². The van der Waals surface area contributed by atoms with Crippen molar-refractivity contribution in [1.82, 2.24) is 10.6 Å². The summed E-state index contributed by atoms with van der Waals surface area (Å²) in [4.78, 5) is 22.7. The second kappa shape index (κ2) is 7.63. The first-order valence-electron chi connectivity index (χ1n) is 5.76. The van der Waals surface area contributed by atoms with Crippen molar-refractivity contribution in [2.75, 3.05) is 20.8 Å². The van der Waals surface area contributed by atoms with Gasteiger partial charge in [-0.3, -0.25) is 9.59 Å². The maximum atomic E-state index is 11.4. The molecule has 0 aliphatic heterocycles. The first kappa shape index (κ1) is 15.3. The fourth-order valence-electron chi connectivity index (χ4n) is 1.45. The summed E-state index contributed by atoms with van der Waals surface area (Å²) in [5.74, 6) is -0.483. The van der Waals surface area contributed by atoms with E-state index in [0.717, 1.165) is 0 Å². The Kier molecular flexibility index (Phi) is 5.84. The molecule has 0 spiro atoms.